The van der Waals surface area contributed by atoms with Crippen LogP contribution in [0.5, 0.6) is 0 Å². The van der Waals surface area contributed by atoms with Gasteiger partial charge in [-0.1, -0.05) is 0 Å². The molecular weight excluding hydrogens is 117 g/mol. The molecule has 1 amide bonds. The Morgan fingerprint density at radius 1 is 1.44 bits per heavy atom. The Balaban J connectivity index is 2.31. The van der Waals surface area contributed by atoms with E-state index in [0.29, 0.717) is 5.81 Å². The highest BCUT2D eigenvalue weighted by Crippen LogP contribution is 1.95. The molecule has 0 aliphatic carbocycles. The van der Waals surface area contributed by atoms with Crippen LogP contribution < -0.4 is 0 Å². The summed E-state index contributed by atoms with van der Waals surface area (Å²) < 4.78 is 5.08. The highest BCUT2D eigenvalue weighted by Gasteiger charge is 2.07. The van der Waals surface area contributed by atoms with Crippen LogP contribution in [0.2, 0.25) is 0 Å². The van der Waals surface area contributed by atoms with Crippen LogP contribution in [0, 0.1) is 0 Å². The Bertz CT molecular complexity index is 112. The molecule has 52 valence electrons. The van der Waals surface area contributed by atoms with Crippen molar-refractivity contribution < 1.29 is 9.53 Å². The van der Waals surface area contributed by atoms with Crippen molar-refractivity contribution in [3.8, 4) is 0 Å². The second-order valence-corrected chi connectivity index (χ2v) is 1.69. The predicted octanol–water partition coefficient (Wildman–Crippen LogP) is -1.20. The molecule has 9 heavy (non-hydrogen) atoms. The number of nitrogens with zero attached hydrogens (tertiary/aromatic N) is 1. The van der Waals surface area contributed by atoms with Gasteiger partial charge in [0.15, 0.2) is 0 Å². The molecule has 4 heteroatoms. The lowest BCUT2D eigenvalue weighted by molar-refractivity contribution is 0.0589. The summed E-state index contributed by atoms with van der Waals surface area (Å²) in [6.45, 7) is 3.11. The van der Waals surface area contributed by atoms with E-state index in [9.17, 15) is 4.79 Å². The third-order valence-electron chi connectivity index (χ3n) is 1.14. The molecule has 0 bridgehead atoms. The zero-order valence-electron chi connectivity index (χ0n) is 4.59. The van der Waals surface area contributed by atoms with Gasteiger partial charge in [-0.2, -0.15) is 0 Å². The van der Waals surface area contributed by atoms with Crippen LogP contribution in [-0.2, 0) is 4.74 Å². The van der Waals surface area contributed by atoms with Gasteiger partial charge in [0.25, 0.3) is 0 Å². The highest BCUT2D eigenvalue weighted by atomic mass is 16.5. The normalized spacial score (nSPS) is 19.9. The SMILES string of the molecule is [BH3-]C(=O)N1CCOCC1. The second kappa shape index (κ2) is 2.87. The van der Waals surface area contributed by atoms with Crippen molar-refractivity contribution in [1.82, 2.24) is 4.90 Å². The van der Waals surface area contributed by atoms with Gasteiger partial charge < -0.3 is 14.4 Å². The molecule has 0 atom stereocenters. The van der Waals surface area contributed by atoms with Crippen LogP contribution in [0.1, 0.15) is 0 Å². The van der Waals surface area contributed by atoms with Crippen LogP contribution in [0.3, 0.4) is 0 Å². The lowest BCUT2D eigenvalue weighted by atomic mass is 10.1. The van der Waals surface area contributed by atoms with Crippen LogP contribution in [0.4, 0.5) is 4.79 Å². The first-order valence-electron chi connectivity index (χ1n) is 2.64. The van der Waals surface area contributed by atoms with Gasteiger partial charge in [-0.25, -0.2) is 0 Å². The van der Waals surface area contributed by atoms with Gasteiger partial charge in [0.1, 0.15) is 0 Å². The summed E-state index contributed by atoms with van der Waals surface area (Å²) in [7, 11) is -0.116. The number of hydrogen-bond acceptors (Lipinski definition) is 2. The third kappa shape index (κ3) is 1.71. The molecule has 0 aromatic rings. The van der Waals surface area contributed by atoms with Crippen LogP contribution in [0.15, 0.2) is 0 Å². The molecule has 0 unspecified atom stereocenters. The number of ether oxygens (including phenoxy) is 1. The van der Waals surface area contributed by atoms with E-state index in [1.165, 1.54) is 0 Å². The molecule has 3 nitrogen and oxygen atoms in total. The highest BCUT2D eigenvalue weighted by molar-refractivity contribution is 6.56. The molecule has 1 heterocycles. The largest absolute Gasteiger partial charge is 0.378 e. The minimum atomic E-state index is -0.116. The molecule has 1 saturated heterocycles. The van der Waals surface area contributed by atoms with Crippen molar-refractivity contribution in [2.45, 2.75) is 0 Å². The van der Waals surface area contributed by atoms with E-state index in [1.54, 1.807) is 0 Å². The molecule has 1 aliphatic heterocycles. The average Bonchev–Trinajstić information content (AvgIpc) is 1.90. The smallest absolute Gasteiger partial charge is 0.0642 e. The first kappa shape index (κ1) is 6.61. The first-order valence-corrected chi connectivity index (χ1v) is 2.64. The second-order valence-electron chi connectivity index (χ2n) is 1.69. The van der Waals surface area contributed by atoms with E-state index in [0.717, 1.165) is 26.3 Å². The number of morpholine rings is 1. The van der Waals surface area contributed by atoms with Gasteiger partial charge in [0.05, 0.1) is 13.2 Å². The monoisotopic (exact) mass is 128 g/mol. The van der Waals surface area contributed by atoms with E-state index < -0.39 is 0 Å². The molecule has 0 radical (unpaired) electrons. The zero-order valence-corrected chi connectivity index (χ0v) is 4.59. The molecule has 1 rings (SSSR count). The van der Waals surface area contributed by atoms with Crippen molar-refractivity contribution in [2.75, 3.05) is 26.3 Å². The molecular formula is C5H11BNO2-. The molecule has 0 aromatic heterocycles. The van der Waals surface area contributed by atoms with Gasteiger partial charge in [0.2, 0.25) is 0 Å². The lowest BCUT2D eigenvalue weighted by Gasteiger charge is -2.28. The van der Waals surface area contributed by atoms with Crippen molar-refractivity contribution >= 4 is 13.7 Å². The minimum absolute atomic E-state index is 0.116. The van der Waals surface area contributed by atoms with Crippen molar-refractivity contribution in [2.24, 2.45) is 0 Å². The van der Waals surface area contributed by atoms with Crippen LogP contribution in [-0.4, -0.2) is 44.9 Å². The van der Waals surface area contributed by atoms with Crippen molar-refractivity contribution in [1.29, 1.82) is 0 Å². The Labute approximate surface area is 55.4 Å². The van der Waals surface area contributed by atoms with Gasteiger partial charge in [-0.05, 0) is 0 Å². The van der Waals surface area contributed by atoms with Crippen LogP contribution >= 0.6 is 0 Å². The number of carbonyl (C=O) groups excluding carboxylic acids is 1. The molecule has 0 spiro atoms. The molecule has 1 aliphatic rings. The lowest BCUT2D eigenvalue weighted by Crippen LogP contribution is -2.39. The predicted molar refractivity (Wildman–Crippen MR) is 37.7 cm³/mol. The Kier molecular flexibility index (Phi) is 2.11. The quantitative estimate of drug-likeness (QED) is 0.383. The summed E-state index contributed by atoms with van der Waals surface area (Å²) in [6.07, 6.45) is 0. The van der Waals surface area contributed by atoms with E-state index in [4.69, 9.17) is 4.74 Å². The van der Waals surface area contributed by atoms with Gasteiger partial charge >= 0.3 is 0 Å². The number of hydrogen-bond donors (Lipinski definition) is 0. The molecule has 0 N–H and O–H groups in total. The Hall–Kier alpha value is -0.505. The molecule has 0 saturated carbocycles. The summed E-state index contributed by atoms with van der Waals surface area (Å²) in [6, 6.07) is 0. The summed E-state index contributed by atoms with van der Waals surface area (Å²) in [5.74, 6) is 0.401. The first-order chi connectivity index (χ1) is 4.30. The van der Waals surface area contributed by atoms with Crippen molar-refractivity contribution in [3.05, 3.63) is 0 Å². The number of carbonyl (C=O) groups is 1. The fourth-order valence-electron chi connectivity index (χ4n) is 0.655. The summed E-state index contributed by atoms with van der Waals surface area (Å²) in [5, 5.41) is 0. The molecule has 0 aromatic carbocycles. The Morgan fingerprint density at radius 2 is 2.00 bits per heavy atom. The van der Waals surface area contributed by atoms with Crippen LogP contribution in [0.25, 0.3) is 0 Å². The van der Waals surface area contributed by atoms with E-state index in [1.807, 2.05) is 4.90 Å². The standard InChI is InChI=1S/C5H11BNO2/c6-5(8)7-1-3-9-4-2-7/h1-4H2,6H3/q-1. The van der Waals surface area contributed by atoms with Gasteiger partial charge in [-0.15, -0.1) is 0 Å². The molecule has 1 fully saturated rings. The fourth-order valence-corrected chi connectivity index (χ4v) is 0.655. The number of amides is 1. The summed E-state index contributed by atoms with van der Waals surface area (Å²) in [4.78, 5) is 12.7. The number of rotatable bonds is 0. The van der Waals surface area contributed by atoms with E-state index in [2.05, 4.69) is 0 Å². The van der Waals surface area contributed by atoms with Crippen molar-refractivity contribution in [3.63, 3.8) is 0 Å². The fraction of sp³-hybridized carbons (Fsp3) is 0.800. The topological polar surface area (TPSA) is 29.5 Å². The summed E-state index contributed by atoms with van der Waals surface area (Å²) >= 11 is 0. The van der Waals surface area contributed by atoms with E-state index >= 15 is 0 Å². The maximum Gasteiger partial charge on any atom is 0.0642 e. The minimum Gasteiger partial charge on any atom is -0.378 e. The maximum absolute atomic E-state index is 10.8. The average molecular weight is 128 g/mol. The van der Waals surface area contributed by atoms with Gasteiger partial charge in [-0.3, -0.25) is 0 Å². The maximum atomic E-state index is 10.8. The zero-order chi connectivity index (χ0) is 6.69. The Morgan fingerprint density at radius 3 is 2.33 bits per heavy atom. The summed E-state index contributed by atoms with van der Waals surface area (Å²) in [5.41, 5.74) is 0. The van der Waals surface area contributed by atoms with E-state index in [-0.39, 0.29) is 7.85 Å². The third-order valence-corrected chi connectivity index (χ3v) is 1.14. The van der Waals surface area contributed by atoms with Gasteiger partial charge in [0, 0.05) is 26.7 Å².